The molecule has 1 aromatic carbocycles. The van der Waals surface area contributed by atoms with Crippen LogP contribution < -0.4 is 5.32 Å². The summed E-state index contributed by atoms with van der Waals surface area (Å²) >= 11 is 2.31. The molecule has 0 aliphatic rings. The van der Waals surface area contributed by atoms with E-state index in [9.17, 15) is 0 Å². The van der Waals surface area contributed by atoms with E-state index in [0.717, 1.165) is 62.4 Å². The predicted octanol–water partition coefficient (Wildman–Crippen LogP) is 0.270. The van der Waals surface area contributed by atoms with E-state index in [1.807, 2.05) is 6.08 Å². The quantitative estimate of drug-likeness (QED) is 0.418. The number of rotatable bonds is 4. The number of benzene rings is 1. The minimum Gasteiger partial charge on any atom is -0.326 e. The largest absolute Gasteiger partial charge is 0.326 e. The van der Waals surface area contributed by atoms with Crippen LogP contribution in [0.25, 0.3) is 0 Å². The molecular weight excluding hydrogens is 259 g/mol. The summed E-state index contributed by atoms with van der Waals surface area (Å²) in [6.45, 7) is 4.63. The third-order valence-corrected chi connectivity index (χ3v) is 4.05. The van der Waals surface area contributed by atoms with Crippen molar-refractivity contribution in [1.29, 1.82) is 0 Å². The first kappa shape index (κ1) is 18.1. The zero-order valence-electron chi connectivity index (χ0n) is 10.2. The minimum absolute atomic E-state index is 0.301. The van der Waals surface area contributed by atoms with E-state index in [1.54, 1.807) is 0 Å². The van der Waals surface area contributed by atoms with Crippen LogP contribution in [0.1, 0.15) is 5.56 Å². The van der Waals surface area contributed by atoms with Crippen LogP contribution in [0, 0.1) is 0 Å². The van der Waals surface area contributed by atoms with Gasteiger partial charge in [0.25, 0.3) is 0 Å². The van der Waals surface area contributed by atoms with Gasteiger partial charge in [-0.25, -0.2) is 0 Å². The van der Waals surface area contributed by atoms with Crippen molar-refractivity contribution in [3.8, 4) is 0 Å². The van der Waals surface area contributed by atoms with Crippen LogP contribution in [0.2, 0.25) is 0 Å². The smallest absolute Gasteiger partial charge is 0.314 e. The molecule has 0 spiro atoms. The zero-order valence-corrected chi connectivity index (χ0v) is 15.2. The Labute approximate surface area is 137 Å². The fraction of sp³-hybridized carbons (Fsp3) is 0.200. The molecule has 1 aromatic rings. The van der Waals surface area contributed by atoms with Crippen molar-refractivity contribution in [2.75, 3.05) is 6.54 Å². The summed E-state index contributed by atoms with van der Waals surface area (Å²) in [7, 11) is -3.13. The molecule has 0 unspecified atom stereocenters. The molecule has 7 heteroatoms. The normalized spacial score (nSPS) is 10.8. The first-order valence-corrected chi connectivity index (χ1v) is 8.53. The molecule has 0 fully saturated rings. The van der Waals surface area contributed by atoms with Crippen molar-refractivity contribution in [1.82, 2.24) is 5.32 Å². The van der Waals surface area contributed by atoms with Crippen LogP contribution in [-0.2, 0) is 4.60 Å². The molecule has 0 saturated heterocycles. The number of hydrogen-bond donors (Lipinski definition) is 3. The van der Waals surface area contributed by atoms with E-state index in [4.69, 9.17) is 14.4 Å². The number of hydrogen-bond acceptors (Lipinski definition) is 2. The van der Waals surface area contributed by atoms with Crippen LogP contribution in [0.4, 0.5) is 0 Å². The molecule has 84 valence electrons. The van der Waals surface area contributed by atoms with Crippen LogP contribution in [0.3, 0.4) is 0 Å². The van der Waals surface area contributed by atoms with Crippen molar-refractivity contribution >= 4 is 64.1 Å². The van der Waals surface area contributed by atoms with Gasteiger partial charge in [0.15, 0.2) is 0 Å². The molecule has 0 atom stereocenters. The third-order valence-electron chi connectivity index (χ3n) is 2.18. The van der Waals surface area contributed by atoms with Gasteiger partial charge in [-0.15, -0.1) is 0 Å². The molecule has 0 aliphatic heterocycles. The van der Waals surface area contributed by atoms with Gasteiger partial charge in [-0.3, -0.25) is 4.57 Å². The molecular formula is C10H14NNa2O3P. The summed E-state index contributed by atoms with van der Waals surface area (Å²) in [5.41, 5.74) is 1.43. The van der Waals surface area contributed by atoms with E-state index >= 15 is 0 Å². The molecule has 0 heterocycles. The standard InChI is InChI=1S/C10H11N.2Na.H3O3P/c1-2-8-11-9-10-6-4-3-5-7-10;;;1-4(2)3/h2-7,11H,1,8H2;;;4H,(H2,1,2,3). The Bertz CT molecular complexity index is 356. The molecule has 4 nitrogen and oxygen atoms in total. The Morgan fingerprint density at radius 2 is 1.82 bits per heavy atom. The summed E-state index contributed by atoms with van der Waals surface area (Å²) in [6, 6.07) is 10.7. The van der Waals surface area contributed by atoms with E-state index in [-0.39, 0.29) is 0 Å². The van der Waals surface area contributed by atoms with E-state index in [0.29, 0.717) is 0.0379 Å². The fourth-order valence-electron chi connectivity index (χ4n) is 1.28. The maximum absolute atomic E-state index is 8.74. The zero-order chi connectivity index (χ0) is 13.3. The maximum atomic E-state index is 8.74. The van der Waals surface area contributed by atoms with Crippen LogP contribution in [-0.4, -0.2) is 72.2 Å². The first-order chi connectivity index (χ1) is 7.90. The predicted molar refractivity (Wildman–Crippen MR) is 71.3 cm³/mol. The van der Waals surface area contributed by atoms with Crippen molar-refractivity contribution in [3.05, 3.63) is 48.6 Å². The fourth-order valence-corrected chi connectivity index (χ4v) is 2.36. The Balaban J connectivity index is 0.000000557. The summed E-state index contributed by atoms with van der Waals surface area (Å²) in [4.78, 5) is 14.3. The monoisotopic (exact) mass is 273 g/mol. The average molecular weight is 273 g/mol. The Morgan fingerprint density at radius 3 is 2.24 bits per heavy atom. The van der Waals surface area contributed by atoms with Gasteiger partial charge in [0.2, 0.25) is 0 Å². The van der Waals surface area contributed by atoms with Gasteiger partial charge >= 0.3 is 125 Å². The maximum Gasteiger partial charge on any atom is 0.314 e. The summed E-state index contributed by atoms with van der Waals surface area (Å²) < 4.78 is 9.04. The molecule has 0 bridgehead atoms. The van der Waals surface area contributed by atoms with Crippen molar-refractivity contribution in [2.24, 2.45) is 0 Å². The van der Waals surface area contributed by atoms with Gasteiger partial charge in [-0.2, -0.15) is 0 Å². The van der Waals surface area contributed by atoms with Crippen molar-refractivity contribution in [2.45, 2.75) is 0.0379 Å². The molecule has 0 saturated carbocycles. The second-order valence-corrected chi connectivity index (χ2v) is 10.5. The van der Waals surface area contributed by atoms with E-state index < -0.39 is 8.25 Å². The van der Waals surface area contributed by atoms with Crippen LogP contribution in [0.5, 0.6) is 0 Å². The van der Waals surface area contributed by atoms with Gasteiger partial charge in [0.05, 0.1) is 0 Å². The SMILES string of the molecule is C=CCN[C]([Na])([Na])c1ccccc1.O=[PH](O)O. The van der Waals surface area contributed by atoms with Gasteiger partial charge in [-0.1, -0.05) is 0 Å². The molecule has 17 heavy (non-hydrogen) atoms. The molecule has 0 aliphatic carbocycles. The second kappa shape index (κ2) is 9.93. The van der Waals surface area contributed by atoms with Gasteiger partial charge in [-0.05, 0) is 0 Å². The molecule has 0 amide bonds. The number of nitrogens with one attached hydrogen (secondary N) is 1. The van der Waals surface area contributed by atoms with E-state index in [2.05, 4.69) is 42.2 Å². The third kappa shape index (κ3) is 9.62. The van der Waals surface area contributed by atoms with Gasteiger partial charge < -0.3 is 9.79 Å². The van der Waals surface area contributed by atoms with Crippen LogP contribution in [0.15, 0.2) is 43.0 Å². The molecule has 3 N–H and O–H groups in total. The Hall–Kier alpha value is 1.07. The van der Waals surface area contributed by atoms with Crippen molar-refractivity contribution in [3.63, 3.8) is 0 Å². The topological polar surface area (TPSA) is 69.6 Å². The van der Waals surface area contributed by atoms with Gasteiger partial charge in [0.1, 0.15) is 0 Å². The Kier molecular flexibility index (Phi) is 10.6. The average Bonchev–Trinajstić information content (AvgIpc) is 2.27. The first-order valence-electron chi connectivity index (χ1n) is 5.23. The van der Waals surface area contributed by atoms with Crippen LogP contribution >= 0.6 is 8.25 Å². The Morgan fingerprint density at radius 1 is 1.35 bits per heavy atom. The van der Waals surface area contributed by atoms with E-state index in [1.165, 1.54) is 5.56 Å². The molecule has 1 rings (SSSR count). The summed E-state index contributed by atoms with van der Waals surface area (Å²) in [5.74, 6) is 0. The second-order valence-electron chi connectivity index (χ2n) is 3.94. The summed E-state index contributed by atoms with van der Waals surface area (Å²) in [6.07, 6.45) is 1.92. The minimum atomic E-state index is -3.13. The molecule has 0 radical (unpaired) electrons. The van der Waals surface area contributed by atoms with Crippen molar-refractivity contribution < 1.29 is 14.4 Å². The summed E-state index contributed by atoms with van der Waals surface area (Å²) in [5, 5.41) is 3.53. The van der Waals surface area contributed by atoms with Gasteiger partial charge in [0, 0.05) is 0 Å². The molecule has 0 aromatic heterocycles.